The van der Waals surface area contributed by atoms with Crippen molar-refractivity contribution in [2.24, 2.45) is 0 Å². The third-order valence-electron chi connectivity index (χ3n) is 6.19. The third kappa shape index (κ3) is 4.64. The first kappa shape index (κ1) is 21.2. The van der Waals surface area contributed by atoms with Gasteiger partial charge in [-0.05, 0) is 37.0 Å². The number of hydrogen-bond donors (Lipinski definition) is 1. The highest BCUT2D eigenvalue weighted by Crippen LogP contribution is 2.38. The van der Waals surface area contributed by atoms with Gasteiger partial charge in [-0.2, -0.15) is 0 Å². The van der Waals surface area contributed by atoms with Crippen LogP contribution in [-0.2, 0) is 14.9 Å². The van der Waals surface area contributed by atoms with Gasteiger partial charge in [-0.15, -0.1) is 0 Å². The summed E-state index contributed by atoms with van der Waals surface area (Å²) >= 11 is 6.54. The summed E-state index contributed by atoms with van der Waals surface area (Å²) in [6.07, 6.45) is 1.54. The van der Waals surface area contributed by atoms with Crippen LogP contribution in [0.4, 0.5) is 4.79 Å². The van der Waals surface area contributed by atoms with E-state index in [-0.39, 0.29) is 23.7 Å². The molecule has 2 aromatic rings. The van der Waals surface area contributed by atoms with Gasteiger partial charge in [-0.1, -0.05) is 60.1 Å². The number of amides is 2. The van der Waals surface area contributed by atoms with Crippen molar-refractivity contribution in [3.8, 4) is 0 Å². The minimum atomic E-state index is -0.205. The maximum absolute atomic E-state index is 13.1. The summed E-state index contributed by atoms with van der Waals surface area (Å²) in [5.41, 5.74) is 1.98. The van der Waals surface area contributed by atoms with E-state index in [0.717, 1.165) is 29.0 Å². The smallest absolute Gasteiger partial charge is 0.317 e. The van der Waals surface area contributed by atoms with Crippen molar-refractivity contribution < 1.29 is 14.3 Å². The van der Waals surface area contributed by atoms with Gasteiger partial charge >= 0.3 is 6.03 Å². The molecule has 2 heterocycles. The molecule has 2 atom stereocenters. The minimum absolute atomic E-state index is 0.0182. The molecule has 2 unspecified atom stereocenters. The highest BCUT2D eigenvalue weighted by Gasteiger charge is 2.37. The predicted molar refractivity (Wildman–Crippen MR) is 118 cm³/mol. The average molecular weight is 429 g/mol. The normalized spacial score (nSPS) is 23.7. The molecular formula is C24H29ClN2O3. The number of hydrogen-bond acceptors (Lipinski definition) is 3. The Bertz CT molecular complexity index is 855. The van der Waals surface area contributed by atoms with Crippen molar-refractivity contribution in [1.29, 1.82) is 0 Å². The predicted octanol–water partition coefficient (Wildman–Crippen LogP) is 4.56. The Morgan fingerprint density at radius 3 is 2.53 bits per heavy atom. The summed E-state index contributed by atoms with van der Waals surface area (Å²) in [6.45, 7) is 5.02. The molecule has 0 saturated carbocycles. The molecule has 5 nitrogen and oxygen atoms in total. The maximum atomic E-state index is 13.1. The van der Waals surface area contributed by atoms with Crippen LogP contribution in [0, 0.1) is 0 Å². The number of nitrogens with zero attached hydrogens (tertiary/aromatic N) is 1. The first-order valence-electron chi connectivity index (χ1n) is 10.6. The molecule has 0 spiro atoms. The fourth-order valence-electron chi connectivity index (χ4n) is 4.52. The lowest BCUT2D eigenvalue weighted by Crippen LogP contribution is -2.53. The SMILES string of the molecule is CC1CN(C(=O)NCC2(c3ccccc3Cl)CCOCC2)CC(c2ccccc2)O1. The Hall–Kier alpha value is -2.08. The van der Waals surface area contributed by atoms with Gasteiger partial charge in [0.2, 0.25) is 0 Å². The molecule has 2 aliphatic rings. The fourth-order valence-corrected chi connectivity index (χ4v) is 4.86. The zero-order valence-electron chi connectivity index (χ0n) is 17.4. The minimum Gasteiger partial charge on any atom is -0.381 e. The lowest BCUT2D eigenvalue weighted by atomic mass is 9.74. The first-order chi connectivity index (χ1) is 14.6. The summed E-state index contributed by atoms with van der Waals surface area (Å²) < 4.78 is 11.7. The second-order valence-electron chi connectivity index (χ2n) is 8.28. The van der Waals surface area contributed by atoms with E-state index in [4.69, 9.17) is 21.1 Å². The molecule has 30 heavy (non-hydrogen) atoms. The molecule has 4 rings (SSSR count). The van der Waals surface area contributed by atoms with E-state index in [0.29, 0.717) is 32.8 Å². The van der Waals surface area contributed by atoms with Gasteiger partial charge in [0.25, 0.3) is 0 Å². The summed E-state index contributed by atoms with van der Waals surface area (Å²) in [5.74, 6) is 0. The second-order valence-corrected chi connectivity index (χ2v) is 8.69. The topological polar surface area (TPSA) is 50.8 Å². The van der Waals surface area contributed by atoms with Crippen LogP contribution in [0.2, 0.25) is 5.02 Å². The Labute approximate surface area is 183 Å². The Balaban J connectivity index is 1.46. The molecule has 0 aliphatic carbocycles. The lowest BCUT2D eigenvalue weighted by Gasteiger charge is -2.40. The lowest BCUT2D eigenvalue weighted by molar-refractivity contribution is -0.0658. The first-order valence-corrected chi connectivity index (χ1v) is 11.0. The van der Waals surface area contributed by atoms with Crippen LogP contribution in [0.15, 0.2) is 54.6 Å². The zero-order chi connectivity index (χ0) is 21.0. The van der Waals surface area contributed by atoms with E-state index in [9.17, 15) is 4.79 Å². The number of halogens is 1. The Kier molecular flexibility index (Phi) is 6.61. The highest BCUT2D eigenvalue weighted by atomic mass is 35.5. The Morgan fingerprint density at radius 1 is 1.10 bits per heavy atom. The number of rotatable bonds is 4. The highest BCUT2D eigenvalue weighted by molar-refractivity contribution is 6.31. The molecule has 0 radical (unpaired) electrons. The van der Waals surface area contributed by atoms with E-state index < -0.39 is 0 Å². The molecular weight excluding hydrogens is 400 g/mol. The van der Waals surface area contributed by atoms with E-state index in [2.05, 4.69) is 11.4 Å². The van der Waals surface area contributed by atoms with Gasteiger partial charge in [-0.25, -0.2) is 4.79 Å². The van der Waals surface area contributed by atoms with Gasteiger partial charge in [0.15, 0.2) is 0 Å². The Morgan fingerprint density at radius 2 is 1.80 bits per heavy atom. The third-order valence-corrected chi connectivity index (χ3v) is 6.52. The van der Waals surface area contributed by atoms with Crippen molar-refractivity contribution >= 4 is 17.6 Å². The monoisotopic (exact) mass is 428 g/mol. The van der Waals surface area contributed by atoms with E-state index in [1.54, 1.807) is 0 Å². The number of nitrogens with one attached hydrogen (secondary N) is 1. The molecule has 2 fully saturated rings. The number of benzene rings is 2. The summed E-state index contributed by atoms with van der Waals surface area (Å²) in [7, 11) is 0. The van der Waals surface area contributed by atoms with E-state index in [1.165, 1.54) is 0 Å². The zero-order valence-corrected chi connectivity index (χ0v) is 18.1. The van der Waals surface area contributed by atoms with Crippen LogP contribution in [0.25, 0.3) is 0 Å². The number of ether oxygens (including phenoxy) is 2. The van der Waals surface area contributed by atoms with Crippen molar-refractivity contribution in [3.63, 3.8) is 0 Å². The van der Waals surface area contributed by atoms with Crippen LogP contribution in [0.1, 0.15) is 37.0 Å². The van der Waals surface area contributed by atoms with Gasteiger partial charge < -0.3 is 19.7 Å². The maximum Gasteiger partial charge on any atom is 0.317 e. The van der Waals surface area contributed by atoms with Crippen molar-refractivity contribution in [1.82, 2.24) is 10.2 Å². The quantitative estimate of drug-likeness (QED) is 0.776. The number of urea groups is 1. The van der Waals surface area contributed by atoms with Crippen LogP contribution in [-0.4, -0.2) is 49.9 Å². The molecule has 6 heteroatoms. The second kappa shape index (κ2) is 9.38. The average Bonchev–Trinajstić information content (AvgIpc) is 2.78. The summed E-state index contributed by atoms with van der Waals surface area (Å²) in [5, 5.41) is 3.95. The fraction of sp³-hybridized carbons (Fsp3) is 0.458. The number of carbonyl (C=O) groups is 1. The van der Waals surface area contributed by atoms with Crippen LogP contribution in [0.3, 0.4) is 0 Å². The largest absolute Gasteiger partial charge is 0.381 e. The molecule has 2 saturated heterocycles. The van der Waals surface area contributed by atoms with Gasteiger partial charge in [-0.3, -0.25) is 0 Å². The molecule has 2 aromatic carbocycles. The summed E-state index contributed by atoms with van der Waals surface area (Å²) in [4.78, 5) is 15.0. The molecule has 0 aromatic heterocycles. The van der Waals surface area contributed by atoms with Gasteiger partial charge in [0.1, 0.15) is 6.10 Å². The van der Waals surface area contributed by atoms with Crippen molar-refractivity contribution in [3.05, 3.63) is 70.7 Å². The van der Waals surface area contributed by atoms with Crippen molar-refractivity contribution in [2.75, 3.05) is 32.8 Å². The molecule has 1 N–H and O–H groups in total. The molecule has 160 valence electrons. The number of carbonyl (C=O) groups excluding carboxylic acids is 1. The standard InChI is InChI=1S/C24H29ClN2O3/c1-18-15-27(16-22(30-18)19-7-3-2-4-8-19)23(28)26-17-24(11-13-29-14-12-24)20-9-5-6-10-21(20)25/h2-10,18,22H,11-17H2,1H3,(H,26,28). The van der Waals surface area contributed by atoms with E-state index in [1.807, 2.05) is 60.4 Å². The number of morpholine rings is 1. The van der Waals surface area contributed by atoms with Gasteiger partial charge in [0.05, 0.1) is 12.6 Å². The summed E-state index contributed by atoms with van der Waals surface area (Å²) in [6, 6.07) is 18.0. The van der Waals surface area contributed by atoms with Crippen LogP contribution >= 0.6 is 11.6 Å². The van der Waals surface area contributed by atoms with Crippen molar-refractivity contribution in [2.45, 2.75) is 37.4 Å². The molecule has 0 bridgehead atoms. The van der Waals surface area contributed by atoms with Crippen LogP contribution < -0.4 is 5.32 Å². The van der Waals surface area contributed by atoms with Gasteiger partial charge in [0, 0.05) is 36.7 Å². The van der Waals surface area contributed by atoms with Crippen LogP contribution in [0.5, 0.6) is 0 Å². The molecule has 2 amide bonds. The molecule has 2 aliphatic heterocycles. The van der Waals surface area contributed by atoms with E-state index >= 15 is 0 Å².